The molecule has 1 aromatic carbocycles. The summed E-state index contributed by atoms with van der Waals surface area (Å²) >= 11 is 0. The van der Waals surface area contributed by atoms with Crippen LogP contribution < -0.4 is 10.7 Å². The molecule has 1 aliphatic rings. The summed E-state index contributed by atoms with van der Waals surface area (Å²) in [7, 11) is 0. The molecule has 1 heterocycles. The van der Waals surface area contributed by atoms with Gasteiger partial charge >= 0.3 is 71.5 Å². The van der Waals surface area contributed by atoms with E-state index in [0.717, 1.165) is 11.9 Å². The third kappa shape index (κ3) is 1.32. The summed E-state index contributed by atoms with van der Waals surface area (Å²) in [6, 6.07) is 8.38. The molecule has 0 aliphatic carbocycles. The minimum atomic E-state index is 0.187. The number of para-hydroxylation sites is 1. The number of fused-ring (bicyclic) bond motifs is 1. The van der Waals surface area contributed by atoms with Crippen molar-refractivity contribution in [1.29, 1.82) is 0 Å². The maximum atomic E-state index is 4.47. The van der Waals surface area contributed by atoms with E-state index in [4.69, 9.17) is 0 Å². The molecule has 1 unspecified atom stereocenters. The average molecular weight is 158 g/mol. The summed E-state index contributed by atoms with van der Waals surface area (Å²) in [6.45, 7) is 5.20. The van der Waals surface area contributed by atoms with Gasteiger partial charge in [-0.3, -0.25) is 0 Å². The quantitative estimate of drug-likeness (QED) is 0.609. The van der Waals surface area contributed by atoms with Gasteiger partial charge in [-0.2, -0.15) is 0 Å². The van der Waals surface area contributed by atoms with E-state index < -0.39 is 0 Å². The Morgan fingerprint density at radius 3 is 3.08 bits per heavy atom. The molecule has 1 N–H and O–H groups in total. The van der Waals surface area contributed by atoms with Gasteiger partial charge in [0, 0.05) is 0 Å². The van der Waals surface area contributed by atoms with Crippen molar-refractivity contribution >= 4 is 6.92 Å². The first-order valence-electron chi connectivity index (χ1n) is 4.28. The molecule has 2 rings (SSSR count). The van der Waals surface area contributed by atoms with E-state index in [1.165, 1.54) is 5.11 Å². The number of benzene rings is 1. The molecule has 0 fully saturated rings. The first-order chi connectivity index (χ1) is 5.90. The van der Waals surface area contributed by atoms with E-state index in [9.17, 15) is 0 Å². The number of hydrogen-bond acceptors (Lipinski definition) is 2. The van der Waals surface area contributed by atoms with Crippen molar-refractivity contribution < 1.29 is 0 Å². The van der Waals surface area contributed by atoms with Gasteiger partial charge in [0.05, 0.1) is 0 Å². The van der Waals surface area contributed by atoms with Gasteiger partial charge in [0.25, 0.3) is 0 Å². The van der Waals surface area contributed by atoms with E-state index in [0.29, 0.717) is 0 Å². The van der Waals surface area contributed by atoms with Crippen LogP contribution in [0.4, 0.5) is 0 Å². The van der Waals surface area contributed by atoms with E-state index in [1.54, 1.807) is 0 Å². The van der Waals surface area contributed by atoms with Crippen molar-refractivity contribution in [3.05, 3.63) is 34.7 Å². The van der Waals surface area contributed by atoms with Crippen LogP contribution in [0.3, 0.4) is 0 Å². The van der Waals surface area contributed by atoms with E-state index in [-0.39, 0.29) is 6.07 Å². The number of nitrogens with zero attached hydrogens (tertiary/aromatic N) is 1. The summed E-state index contributed by atoms with van der Waals surface area (Å²) < 4.78 is 0. The molecule has 2 nitrogen and oxygen atoms in total. The van der Waals surface area contributed by atoms with Crippen LogP contribution >= 0.6 is 0 Å². The predicted molar refractivity (Wildman–Crippen MR) is 49.7 cm³/mol. The van der Waals surface area contributed by atoms with Gasteiger partial charge in [-0.05, 0) is 0 Å². The minimum absolute atomic E-state index is 0.187. The first kappa shape index (κ1) is 7.68. The van der Waals surface area contributed by atoms with Crippen LogP contribution in [0.5, 0.6) is 0 Å². The van der Waals surface area contributed by atoms with Crippen LogP contribution in [0.2, 0.25) is 0 Å². The van der Waals surface area contributed by atoms with Crippen LogP contribution in [-0.4, -0.2) is 19.5 Å². The third-order valence-electron chi connectivity index (χ3n) is 1.97. The third-order valence-corrected chi connectivity index (χ3v) is 1.97. The molecule has 12 heavy (non-hydrogen) atoms. The molecule has 3 heteroatoms. The van der Waals surface area contributed by atoms with Gasteiger partial charge in [-0.25, -0.2) is 0 Å². The topological polar surface area (TPSA) is 24.4 Å². The Bertz CT molecular complexity index is 351. The molecule has 0 saturated carbocycles. The maximum absolute atomic E-state index is 4.47. The van der Waals surface area contributed by atoms with Crippen molar-refractivity contribution in [2.24, 2.45) is 4.99 Å². The molecule has 1 atom stereocenters. The van der Waals surface area contributed by atoms with Gasteiger partial charge in [0.2, 0.25) is 0 Å². The van der Waals surface area contributed by atoms with Gasteiger partial charge < -0.3 is 0 Å². The molecule has 0 aromatic heterocycles. The fraction of sp³-hybridized carbons (Fsp3) is 0.333. The molecule has 0 amide bonds. The Morgan fingerprint density at radius 2 is 2.33 bits per heavy atom. The second kappa shape index (κ2) is 3.19. The Labute approximate surface area is 72.2 Å². The number of rotatable bonds is 2. The summed E-state index contributed by atoms with van der Waals surface area (Å²) in [4.78, 5) is 4.47. The van der Waals surface area contributed by atoms with Crippen LogP contribution in [-0.2, 0) is 0 Å². The average Bonchev–Trinajstić information content (AvgIpc) is 2.47. The molecule has 0 saturated heterocycles. The summed E-state index contributed by atoms with van der Waals surface area (Å²) in [5.41, 5.74) is 0. The van der Waals surface area contributed by atoms with Crippen LogP contribution in [0, 0.1) is 5.11 Å². The van der Waals surface area contributed by atoms with Crippen molar-refractivity contribution in [3.63, 3.8) is 0 Å². The summed E-state index contributed by atoms with van der Waals surface area (Å²) in [5, 5.41) is 5.61. The molecule has 1 aliphatic heterocycles. The predicted octanol–water partition coefficient (Wildman–Crippen LogP) is 0.168. The number of hydrogen-bond donors (Lipinski definition) is 1. The first-order valence-corrected chi connectivity index (χ1v) is 4.28. The zero-order valence-corrected chi connectivity index (χ0v) is 7.12. The number of nitrogens with one attached hydrogen (secondary N) is 1. The van der Waals surface area contributed by atoms with Gasteiger partial charge in [-0.1, -0.05) is 0 Å². The molecule has 0 radical (unpaired) electrons. The zero-order valence-electron chi connectivity index (χ0n) is 7.12. The van der Waals surface area contributed by atoms with E-state index in [1.807, 2.05) is 18.2 Å². The Kier molecular flexibility index (Phi) is 2.04. The standard InChI is InChI=1S/C9H11BN2/c1-2-11-9-10-7-5-3-4-6-8(7)12-9/h3-6,9,11H,2H2,1H3. The monoisotopic (exact) mass is 158 g/mol. The van der Waals surface area contributed by atoms with E-state index >= 15 is 0 Å². The second-order valence-corrected chi connectivity index (χ2v) is 2.86. The molecular formula is C9H11BN2. The van der Waals surface area contributed by atoms with Crippen molar-refractivity contribution in [3.8, 4) is 0 Å². The summed E-state index contributed by atoms with van der Waals surface area (Å²) in [5.74, 6) is 0. The van der Waals surface area contributed by atoms with Gasteiger partial charge in [-0.15, -0.1) is 0 Å². The fourth-order valence-electron chi connectivity index (χ4n) is 1.42. The van der Waals surface area contributed by atoms with E-state index in [2.05, 4.69) is 30.2 Å². The molecule has 0 bridgehead atoms. The normalized spacial score (nSPS) is 18.9. The zero-order chi connectivity index (χ0) is 8.39. The molecule has 1 aromatic rings. The van der Waals surface area contributed by atoms with Crippen LogP contribution in [0.1, 0.15) is 6.92 Å². The SMILES string of the molecule is CCNC1B=c2ccccc2=N1. The molecule has 60 valence electrons. The fourth-order valence-corrected chi connectivity index (χ4v) is 1.42. The Hall–Kier alpha value is -0.955. The van der Waals surface area contributed by atoms with Crippen molar-refractivity contribution in [1.82, 2.24) is 5.32 Å². The van der Waals surface area contributed by atoms with Crippen LogP contribution in [0.25, 0.3) is 0 Å². The molecule has 0 spiro atoms. The Morgan fingerprint density at radius 1 is 1.50 bits per heavy atom. The van der Waals surface area contributed by atoms with Crippen molar-refractivity contribution in [2.75, 3.05) is 6.54 Å². The van der Waals surface area contributed by atoms with Crippen LogP contribution in [0.15, 0.2) is 29.3 Å². The van der Waals surface area contributed by atoms with Gasteiger partial charge in [0.1, 0.15) is 0 Å². The Balaban J connectivity index is 2.40. The summed E-state index contributed by atoms with van der Waals surface area (Å²) in [6.07, 6.45) is 0. The second-order valence-electron chi connectivity index (χ2n) is 2.86. The molecular weight excluding hydrogens is 147 g/mol. The van der Waals surface area contributed by atoms with Gasteiger partial charge in [0.15, 0.2) is 0 Å². The van der Waals surface area contributed by atoms with Crippen molar-refractivity contribution in [2.45, 2.75) is 13.0 Å².